The van der Waals surface area contributed by atoms with Crippen LogP contribution < -0.4 is 4.90 Å². The van der Waals surface area contributed by atoms with Crippen LogP contribution in [0.25, 0.3) is 0 Å². The summed E-state index contributed by atoms with van der Waals surface area (Å²) in [5.41, 5.74) is 0.593. The predicted octanol–water partition coefficient (Wildman–Crippen LogP) is 2.46. The molecule has 1 aromatic rings. The Balaban J connectivity index is 3.26. The van der Waals surface area contributed by atoms with Crippen molar-refractivity contribution in [3.8, 4) is 0 Å². The van der Waals surface area contributed by atoms with Crippen molar-refractivity contribution in [2.45, 2.75) is 0 Å². The summed E-state index contributed by atoms with van der Waals surface area (Å²) in [5, 5.41) is 0. The summed E-state index contributed by atoms with van der Waals surface area (Å²) in [6.45, 7) is 0. The van der Waals surface area contributed by atoms with Crippen LogP contribution in [0.5, 0.6) is 0 Å². The molecular formula is C12H16IN3O2. The van der Waals surface area contributed by atoms with E-state index in [2.05, 4.69) is 22.6 Å². The number of rotatable bonds is 1. The molecule has 0 saturated carbocycles. The number of anilines is 1. The molecule has 0 heterocycles. The van der Waals surface area contributed by atoms with Crippen LogP contribution in [0.2, 0.25) is 0 Å². The highest BCUT2D eigenvalue weighted by molar-refractivity contribution is 14.1. The molecule has 0 bridgehead atoms. The van der Waals surface area contributed by atoms with E-state index < -0.39 is 0 Å². The maximum absolute atomic E-state index is 12.1. The van der Waals surface area contributed by atoms with Gasteiger partial charge in [-0.15, -0.1) is 0 Å². The quantitative estimate of drug-likeness (QED) is 0.722. The van der Waals surface area contributed by atoms with Crippen LogP contribution in [0.4, 0.5) is 15.3 Å². The molecule has 0 aliphatic rings. The van der Waals surface area contributed by atoms with Gasteiger partial charge in [-0.3, -0.25) is 0 Å². The zero-order valence-corrected chi connectivity index (χ0v) is 13.0. The molecule has 0 fully saturated rings. The van der Waals surface area contributed by atoms with Crippen molar-refractivity contribution in [3.63, 3.8) is 0 Å². The summed E-state index contributed by atoms with van der Waals surface area (Å²) < 4.78 is 0.848. The van der Waals surface area contributed by atoms with Gasteiger partial charge < -0.3 is 9.80 Å². The second-order valence-electron chi connectivity index (χ2n) is 4.14. The lowest BCUT2D eigenvalue weighted by molar-refractivity contribution is 0.209. The molecule has 98 valence electrons. The minimum absolute atomic E-state index is 0.363. The van der Waals surface area contributed by atoms with Gasteiger partial charge in [0.2, 0.25) is 0 Å². The van der Waals surface area contributed by atoms with E-state index in [1.165, 1.54) is 14.7 Å². The second-order valence-corrected chi connectivity index (χ2v) is 5.30. The maximum atomic E-state index is 12.1. The number of carbonyl (C=O) groups excluding carboxylic acids is 2. The fraction of sp³-hybridized carbons (Fsp3) is 0.333. The third-order valence-corrected chi connectivity index (χ3v) is 3.15. The smallest absolute Gasteiger partial charge is 0.330 e. The predicted molar refractivity (Wildman–Crippen MR) is 79.8 cm³/mol. The minimum Gasteiger partial charge on any atom is -0.330 e. The van der Waals surface area contributed by atoms with Gasteiger partial charge in [-0.1, -0.05) is 12.1 Å². The number of carbonyl (C=O) groups is 2. The van der Waals surface area contributed by atoms with Crippen molar-refractivity contribution in [2.24, 2.45) is 0 Å². The number of urea groups is 2. The Labute approximate surface area is 120 Å². The molecule has 18 heavy (non-hydrogen) atoms. The number of nitrogens with zero attached hydrogens (tertiary/aromatic N) is 3. The molecule has 0 N–H and O–H groups in total. The Bertz CT molecular complexity index is 440. The number of imide groups is 1. The summed E-state index contributed by atoms with van der Waals surface area (Å²) in [6, 6.07) is 6.55. The first-order valence-corrected chi connectivity index (χ1v) is 6.41. The number of para-hydroxylation sites is 1. The van der Waals surface area contributed by atoms with E-state index in [1.807, 2.05) is 12.1 Å². The van der Waals surface area contributed by atoms with Crippen LogP contribution in [0.3, 0.4) is 0 Å². The van der Waals surface area contributed by atoms with Gasteiger partial charge in [0.15, 0.2) is 0 Å². The highest BCUT2D eigenvalue weighted by Gasteiger charge is 2.27. The first-order valence-electron chi connectivity index (χ1n) is 5.33. The molecule has 0 saturated heterocycles. The van der Waals surface area contributed by atoms with Crippen LogP contribution in [-0.4, -0.2) is 50.1 Å². The van der Waals surface area contributed by atoms with Gasteiger partial charge in [0.1, 0.15) is 0 Å². The molecule has 0 aliphatic carbocycles. The SMILES string of the molecule is CN(C)C(=O)N(C(=O)N(C)C)c1ccccc1I. The zero-order chi connectivity index (χ0) is 13.9. The average Bonchev–Trinajstić information content (AvgIpc) is 2.31. The van der Waals surface area contributed by atoms with Gasteiger partial charge in [-0.2, -0.15) is 0 Å². The van der Waals surface area contributed by atoms with E-state index in [9.17, 15) is 9.59 Å². The van der Waals surface area contributed by atoms with E-state index in [-0.39, 0.29) is 12.1 Å². The van der Waals surface area contributed by atoms with Crippen molar-refractivity contribution < 1.29 is 9.59 Å². The van der Waals surface area contributed by atoms with Crippen molar-refractivity contribution in [1.82, 2.24) is 9.80 Å². The third-order valence-electron chi connectivity index (χ3n) is 2.24. The van der Waals surface area contributed by atoms with Gasteiger partial charge in [-0.25, -0.2) is 14.5 Å². The van der Waals surface area contributed by atoms with E-state index >= 15 is 0 Å². The van der Waals surface area contributed by atoms with E-state index in [0.29, 0.717) is 5.69 Å². The van der Waals surface area contributed by atoms with Crippen molar-refractivity contribution in [3.05, 3.63) is 27.8 Å². The first kappa shape index (κ1) is 14.7. The molecule has 0 aliphatic heterocycles. The number of benzene rings is 1. The lowest BCUT2D eigenvalue weighted by Crippen LogP contribution is -2.48. The second kappa shape index (κ2) is 6.03. The number of hydrogen-bond donors (Lipinski definition) is 0. The molecule has 1 aromatic carbocycles. The molecule has 0 radical (unpaired) electrons. The molecule has 0 aromatic heterocycles. The summed E-state index contributed by atoms with van der Waals surface area (Å²) >= 11 is 2.11. The zero-order valence-electron chi connectivity index (χ0n) is 10.8. The molecule has 0 atom stereocenters. The van der Waals surface area contributed by atoms with Gasteiger partial charge in [0.05, 0.1) is 5.69 Å². The van der Waals surface area contributed by atoms with Crippen molar-refractivity contribution in [1.29, 1.82) is 0 Å². The van der Waals surface area contributed by atoms with E-state index in [0.717, 1.165) is 3.57 Å². The van der Waals surface area contributed by atoms with Crippen LogP contribution in [-0.2, 0) is 0 Å². The van der Waals surface area contributed by atoms with Gasteiger partial charge >= 0.3 is 12.1 Å². The lowest BCUT2D eigenvalue weighted by Gasteiger charge is -2.27. The van der Waals surface area contributed by atoms with Crippen molar-refractivity contribution >= 4 is 40.3 Å². The number of halogens is 1. The number of hydrogen-bond acceptors (Lipinski definition) is 2. The fourth-order valence-corrected chi connectivity index (χ4v) is 1.95. The maximum Gasteiger partial charge on any atom is 0.332 e. The largest absolute Gasteiger partial charge is 0.332 e. The summed E-state index contributed by atoms with van der Waals surface area (Å²) in [4.78, 5) is 28.2. The standard InChI is InChI=1S/C12H16IN3O2/c1-14(2)11(17)16(12(18)15(3)4)10-8-6-5-7-9(10)13/h5-8H,1-4H3. The van der Waals surface area contributed by atoms with Crippen molar-refractivity contribution in [2.75, 3.05) is 33.1 Å². The lowest BCUT2D eigenvalue weighted by atomic mass is 10.3. The fourth-order valence-electron chi connectivity index (χ4n) is 1.32. The highest BCUT2D eigenvalue weighted by Crippen LogP contribution is 2.23. The monoisotopic (exact) mass is 361 g/mol. The van der Waals surface area contributed by atoms with Crippen LogP contribution >= 0.6 is 22.6 Å². The molecule has 1 rings (SSSR count). The molecule has 6 heteroatoms. The van der Waals surface area contributed by atoms with Gasteiger partial charge in [0.25, 0.3) is 0 Å². The Morgan fingerprint density at radius 3 is 1.78 bits per heavy atom. The minimum atomic E-state index is -0.363. The Morgan fingerprint density at radius 1 is 0.944 bits per heavy atom. The first-order chi connectivity index (χ1) is 8.36. The van der Waals surface area contributed by atoms with Gasteiger partial charge in [0, 0.05) is 31.8 Å². The van der Waals surface area contributed by atoms with E-state index in [4.69, 9.17) is 0 Å². The molecular weight excluding hydrogens is 345 g/mol. The molecule has 5 nitrogen and oxygen atoms in total. The van der Waals surface area contributed by atoms with Crippen LogP contribution in [0, 0.1) is 3.57 Å². The molecule has 4 amide bonds. The average molecular weight is 361 g/mol. The normalized spacial score (nSPS) is 9.83. The summed E-state index contributed by atoms with van der Waals surface area (Å²) in [5.74, 6) is 0. The Morgan fingerprint density at radius 2 is 1.39 bits per heavy atom. The topological polar surface area (TPSA) is 43.9 Å². The third kappa shape index (κ3) is 3.12. The van der Waals surface area contributed by atoms with Crippen LogP contribution in [0.15, 0.2) is 24.3 Å². The molecule has 0 spiro atoms. The Kier molecular flexibility index (Phi) is 4.94. The van der Waals surface area contributed by atoms with Crippen LogP contribution in [0.1, 0.15) is 0 Å². The van der Waals surface area contributed by atoms with E-state index in [1.54, 1.807) is 40.3 Å². The summed E-state index contributed by atoms with van der Waals surface area (Å²) in [7, 11) is 6.48. The Hall–Kier alpha value is -1.31. The number of amides is 4. The molecule has 0 unspecified atom stereocenters. The summed E-state index contributed by atoms with van der Waals surface area (Å²) in [6.07, 6.45) is 0. The highest BCUT2D eigenvalue weighted by atomic mass is 127. The van der Waals surface area contributed by atoms with Gasteiger partial charge in [-0.05, 0) is 34.7 Å².